The van der Waals surface area contributed by atoms with E-state index in [1.165, 1.54) is 103 Å². The van der Waals surface area contributed by atoms with Gasteiger partial charge in [0.15, 0.2) is 0 Å². The van der Waals surface area contributed by atoms with E-state index in [-0.39, 0.29) is 19.1 Å². The van der Waals surface area contributed by atoms with E-state index in [0.29, 0.717) is 17.4 Å². The highest BCUT2D eigenvalue weighted by molar-refractivity contribution is 7.45. The van der Waals surface area contributed by atoms with Crippen molar-refractivity contribution in [3.8, 4) is 0 Å². The summed E-state index contributed by atoms with van der Waals surface area (Å²) in [4.78, 5) is 25.1. The predicted molar refractivity (Wildman–Crippen MR) is 270 cm³/mol. The molecule has 0 fully saturated rings. The maximum absolute atomic E-state index is 12.7. The maximum Gasteiger partial charge on any atom is 0.268 e. The fourth-order valence-corrected chi connectivity index (χ4v) is 7.57. The third kappa shape index (κ3) is 47.5. The van der Waals surface area contributed by atoms with Gasteiger partial charge in [-0.2, -0.15) is 0 Å². The molecule has 1 amide bonds. The minimum Gasteiger partial charge on any atom is -0.756 e. The van der Waals surface area contributed by atoms with Crippen LogP contribution in [-0.4, -0.2) is 68.5 Å². The van der Waals surface area contributed by atoms with Crippen LogP contribution in [0.4, 0.5) is 0 Å². The number of hydrogen-bond donors (Lipinski definition) is 2. The summed E-state index contributed by atoms with van der Waals surface area (Å²) < 4.78 is 23.0. The van der Waals surface area contributed by atoms with Crippen molar-refractivity contribution in [1.82, 2.24) is 5.32 Å². The van der Waals surface area contributed by atoms with E-state index < -0.39 is 20.0 Å². The van der Waals surface area contributed by atoms with Crippen LogP contribution in [0.15, 0.2) is 85.1 Å². The quantitative estimate of drug-likeness (QED) is 0.0273. The van der Waals surface area contributed by atoms with E-state index in [4.69, 9.17) is 9.05 Å². The van der Waals surface area contributed by atoms with Gasteiger partial charge in [0.05, 0.1) is 39.9 Å². The number of amides is 1. The lowest BCUT2D eigenvalue weighted by Crippen LogP contribution is -2.45. The topological polar surface area (TPSA) is 108 Å². The number of phosphoric acid groups is 1. The molecule has 364 valence electrons. The molecule has 3 unspecified atom stereocenters. The predicted octanol–water partition coefficient (Wildman–Crippen LogP) is 14.3. The number of likely N-dealkylation sites (N-methyl/N-ethyl adjacent to an activating group) is 1. The second kappa shape index (κ2) is 44.9. The number of unbranched alkanes of at least 4 members (excludes halogenated alkanes) is 20. The van der Waals surface area contributed by atoms with Gasteiger partial charge in [-0.05, 0) is 64.2 Å². The number of nitrogens with zero attached hydrogens (tertiary/aromatic N) is 1. The largest absolute Gasteiger partial charge is 0.756 e. The van der Waals surface area contributed by atoms with Crippen molar-refractivity contribution >= 4 is 13.7 Å². The van der Waals surface area contributed by atoms with Crippen molar-refractivity contribution in [2.75, 3.05) is 40.9 Å². The van der Waals surface area contributed by atoms with Crippen LogP contribution in [0.2, 0.25) is 0 Å². The van der Waals surface area contributed by atoms with Crippen molar-refractivity contribution in [1.29, 1.82) is 0 Å². The highest BCUT2D eigenvalue weighted by Gasteiger charge is 2.23. The van der Waals surface area contributed by atoms with Crippen molar-refractivity contribution in [3.05, 3.63) is 85.1 Å². The van der Waals surface area contributed by atoms with Gasteiger partial charge in [0.25, 0.3) is 7.82 Å². The molecule has 63 heavy (non-hydrogen) atoms. The number of aliphatic hydroxyl groups is 1. The summed E-state index contributed by atoms with van der Waals surface area (Å²) in [5.74, 6) is -0.209. The van der Waals surface area contributed by atoms with Crippen LogP contribution in [0.5, 0.6) is 0 Å². The maximum atomic E-state index is 12.7. The van der Waals surface area contributed by atoms with Gasteiger partial charge in [-0.25, -0.2) is 0 Å². The van der Waals surface area contributed by atoms with Crippen LogP contribution in [0.25, 0.3) is 0 Å². The standard InChI is InChI=1S/C54H97N2O6P/c1-6-8-10-12-13-14-15-16-17-18-19-20-21-22-23-24-25-26-27-28-29-30-31-32-33-34-35-36-37-38-39-40-41-42-43-44-46-48-54(58)55-52(53(57)47-45-11-9-7-2)51-62-63(59,60)61-50-49-56(3,4)5/h8,10,13-14,16-17,19-20,22-23,25-26,45,47,52-53,57H,6-7,9,11-12,15,18,21,24,27-44,46,48-51H2,1-5H3,(H-,55,58,59,60)/b10-8-,14-13-,17-16-,20-19-,23-22-,26-25-,47-45+. The van der Waals surface area contributed by atoms with Crippen LogP contribution < -0.4 is 10.2 Å². The molecule has 0 heterocycles. The molecular weight excluding hydrogens is 804 g/mol. The Morgan fingerprint density at radius 1 is 0.571 bits per heavy atom. The number of carbonyl (C=O) groups is 1. The fraction of sp³-hybridized carbons (Fsp3) is 0.722. The van der Waals surface area contributed by atoms with Gasteiger partial charge < -0.3 is 28.8 Å². The number of aliphatic hydroxyl groups excluding tert-OH is 1. The Balaban J connectivity index is 3.77. The first-order valence-corrected chi connectivity index (χ1v) is 26.9. The highest BCUT2D eigenvalue weighted by atomic mass is 31.2. The Morgan fingerprint density at radius 3 is 1.40 bits per heavy atom. The molecular formula is C54H97N2O6P. The van der Waals surface area contributed by atoms with Crippen molar-refractivity contribution < 1.29 is 32.9 Å². The summed E-state index contributed by atoms with van der Waals surface area (Å²) in [6, 6.07) is -0.884. The van der Waals surface area contributed by atoms with E-state index in [1.807, 2.05) is 27.2 Å². The van der Waals surface area contributed by atoms with Gasteiger partial charge in [0, 0.05) is 6.42 Å². The third-order valence-electron chi connectivity index (χ3n) is 10.9. The lowest BCUT2D eigenvalue weighted by Gasteiger charge is -2.29. The van der Waals surface area contributed by atoms with E-state index in [9.17, 15) is 19.4 Å². The van der Waals surface area contributed by atoms with Gasteiger partial charge >= 0.3 is 0 Å². The molecule has 0 aliphatic carbocycles. The molecule has 2 N–H and O–H groups in total. The first kappa shape index (κ1) is 60.7. The van der Waals surface area contributed by atoms with Crippen LogP contribution in [0, 0.1) is 0 Å². The zero-order chi connectivity index (χ0) is 46.4. The normalized spacial score (nSPS) is 14.8. The van der Waals surface area contributed by atoms with Gasteiger partial charge in [0.1, 0.15) is 13.2 Å². The molecule has 0 aliphatic rings. The number of nitrogens with one attached hydrogen (secondary N) is 1. The van der Waals surface area contributed by atoms with Gasteiger partial charge in [-0.3, -0.25) is 9.36 Å². The lowest BCUT2D eigenvalue weighted by atomic mass is 10.0. The van der Waals surface area contributed by atoms with Crippen molar-refractivity contribution in [2.24, 2.45) is 0 Å². The van der Waals surface area contributed by atoms with E-state index >= 15 is 0 Å². The Kier molecular flexibility index (Phi) is 43.2. The molecule has 3 atom stereocenters. The number of phosphoric ester groups is 1. The monoisotopic (exact) mass is 901 g/mol. The molecule has 0 spiro atoms. The van der Waals surface area contributed by atoms with Crippen molar-refractivity contribution in [3.63, 3.8) is 0 Å². The van der Waals surface area contributed by atoms with Gasteiger partial charge in [-0.1, -0.05) is 214 Å². The van der Waals surface area contributed by atoms with Crippen LogP contribution >= 0.6 is 7.82 Å². The first-order valence-electron chi connectivity index (χ1n) is 25.4. The summed E-state index contributed by atoms with van der Waals surface area (Å²) in [5.41, 5.74) is 0. The Morgan fingerprint density at radius 2 is 0.968 bits per heavy atom. The second-order valence-corrected chi connectivity index (χ2v) is 19.6. The molecule has 0 saturated carbocycles. The average molecular weight is 901 g/mol. The molecule has 0 aliphatic heterocycles. The summed E-state index contributed by atoms with van der Waals surface area (Å²) >= 11 is 0. The number of allylic oxidation sites excluding steroid dienone is 13. The molecule has 0 aromatic carbocycles. The highest BCUT2D eigenvalue weighted by Crippen LogP contribution is 2.38. The van der Waals surface area contributed by atoms with Gasteiger partial charge in [0.2, 0.25) is 5.91 Å². The molecule has 9 heteroatoms. The molecule has 0 rings (SSSR count). The van der Waals surface area contributed by atoms with Crippen LogP contribution in [0.1, 0.15) is 200 Å². The molecule has 8 nitrogen and oxygen atoms in total. The minimum absolute atomic E-state index is 0.00411. The Bertz CT molecular complexity index is 1300. The second-order valence-electron chi connectivity index (χ2n) is 18.1. The zero-order valence-electron chi connectivity index (χ0n) is 41.2. The Labute approximate surface area is 388 Å². The smallest absolute Gasteiger partial charge is 0.268 e. The summed E-state index contributed by atoms with van der Waals surface area (Å²) in [7, 11) is 1.25. The van der Waals surface area contributed by atoms with E-state index in [0.717, 1.165) is 77.0 Å². The molecule has 0 aromatic rings. The fourth-order valence-electron chi connectivity index (χ4n) is 6.85. The van der Waals surface area contributed by atoms with Crippen LogP contribution in [-0.2, 0) is 18.4 Å². The lowest BCUT2D eigenvalue weighted by molar-refractivity contribution is -0.870. The first-order chi connectivity index (χ1) is 30.5. The summed E-state index contributed by atoms with van der Waals surface area (Å²) in [6.07, 6.45) is 63.1. The number of hydrogen-bond acceptors (Lipinski definition) is 6. The minimum atomic E-state index is -4.57. The number of carbonyl (C=O) groups excluding carboxylic acids is 1. The molecule has 0 radical (unpaired) electrons. The number of quaternary nitrogens is 1. The van der Waals surface area contributed by atoms with E-state index in [2.05, 4.69) is 92.1 Å². The zero-order valence-corrected chi connectivity index (χ0v) is 42.1. The van der Waals surface area contributed by atoms with Crippen LogP contribution in [0.3, 0.4) is 0 Å². The Hall–Kier alpha value is -2.32. The van der Waals surface area contributed by atoms with Crippen molar-refractivity contribution in [2.45, 2.75) is 212 Å². The van der Waals surface area contributed by atoms with Gasteiger partial charge in [-0.15, -0.1) is 0 Å². The SMILES string of the molecule is CC/C=C\C/C=C\C/C=C\C/C=C\C/C=C\C/C=C\CCCCCCCCCCCCCCCCCCCCC(=O)NC(COP(=O)([O-])OCC[N+](C)(C)C)C(O)/C=C/CCCC. The molecule has 0 aromatic heterocycles. The third-order valence-corrected chi connectivity index (χ3v) is 11.8. The molecule has 0 saturated heterocycles. The number of rotatable bonds is 45. The molecule has 0 bridgehead atoms. The average Bonchev–Trinajstić information content (AvgIpc) is 3.24. The summed E-state index contributed by atoms with van der Waals surface area (Å²) in [5, 5.41) is 13.5. The van der Waals surface area contributed by atoms with E-state index in [1.54, 1.807) is 6.08 Å². The summed E-state index contributed by atoms with van der Waals surface area (Å²) in [6.45, 7) is 4.36.